The summed E-state index contributed by atoms with van der Waals surface area (Å²) in [6.45, 7) is 0.490. The molecule has 1 aliphatic heterocycles. The molecule has 1 amide bonds. The van der Waals surface area contributed by atoms with E-state index in [2.05, 4.69) is 10.6 Å². The van der Waals surface area contributed by atoms with Crippen molar-refractivity contribution in [1.82, 2.24) is 5.32 Å². The molecule has 1 fully saturated rings. The molecule has 9 heteroatoms. The fourth-order valence-corrected chi connectivity index (χ4v) is 4.53. The largest absolute Gasteiger partial charge is 0.381 e. The smallest absolute Gasteiger partial charge is 0.269 e. The predicted molar refractivity (Wildman–Crippen MR) is 101 cm³/mol. The zero-order valence-electron chi connectivity index (χ0n) is 14.4. The lowest BCUT2D eigenvalue weighted by atomic mass is 10.1. The summed E-state index contributed by atoms with van der Waals surface area (Å²) in [6.07, 6.45) is 0.447. The van der Waals surface area contributed by atoms with Crippen LogP contribution in [0.1, 0.15) is 22.3 Å². The van der Waals surface area contributed by atoms with E-state index in [-0.39, 0.29) is 29.1 Å². The average Bonchev–Trinajstić information content (AvgIpc) is 2.99. The molecule has 2 aromatic carbocycles. The van der Waals surface area contributed by atoms with E-state index in [1.54, 1.807) is 36.4 Å². The molecule has 0 spiro atoms. The molecule has 3 rings (SSSR count). The monoisotopic (exact) mass is 389 g/mol. The van der Waals surface area contributed by atoms with E-state index in [9.17, 15) is 23.3 Å². The van der Waals surface area contributed by atoms with Gasteiger partial charge in [0, 0.05) is 36.0 Å². The number of nitrogens with zero attached hydrogens (tertiary/aromatic N) is 1. The first kappa shape index (κ1) is 18.8. The molecule has 1 heterocycles. The topological polar surface area (TPSA) is 118 Å². The van der Waals surface area contributed by atoms with Gasteiger partial charge in [0.25, 0.3) is 11.6 Å². The summed E-state index contributed by atoms with van der Waals surface area (Å²) >= 11 is 0. The van der Waals surface area contributed by atoms with Gasteiger partial charge in [-0.3, -0.25) is 14.9 Å². The van der Waals surface area contributed by atoms with Crippen LogP contribution >= 0.6 is 0 Å². The van der Waals surface area contributed by atoms with Crippen molar-refractivity contribution in [1.29, 1.82) is 0 Å². The van der Waals surface area contributed by atoms with Crippen LogP contribution in [-0.2, 0) is 16.4 Å². The van der Waals surface area contributed by atoms with Crippen molar-refractivity contribution in [3.8, 4) is 0 Å². The number of anilines is 1. The van der Waals surface area contributed by atoms with Crippen LogP contribution < -0.4 is 10.6 Å². The molecule has 0 radical (unpaired) electrons. The number of amides is 1. The number of carbonyl (C=O) groups is 1. The molecule has 0 saturated carbocycles. The highest BCUT2D eigenvalue weighted by Crippen LogP contribution is 2.16. The van der Waals surface area contributed by atoms with Crippen LogP contribution in [0.4, 0.5) is 11.4 Å². The number of sulfone groups is 1. The Morgan fingerprint density at radius 1 is 1.11 bits per heavy atom. The predicted octanol–water partition coefficient (Wildman–Crippen LogP) is 2.12. The third-order valence-corrected chi connectivity index (χ3v) is 6.13. The van der Waals surface area contributed by atoms with Crippen LogP contribution in [0.2, 0.25) is 0 Å². The van der Waals surface area contributed by atoms with E-state index in [4.69, 9.17) is 0 Å². The highest BCUT2D eigenvalue weighted by molar-refractivity contribution is 7.91. The van der Waals surface area contributed by atoms with Crippen molar-refractivity contribution in [2.75, 3.05) is 16.8 Å². The number of non-ortho nitro benzene ring substituents is 1. The summed E-state index contributed by atoms with van der Waals surface area (Å²) < 4.78 is 22.9. The van der Waals surface area contributed by atoms with E-state index < -0.39 is 14.8 Å². The molecule has 0 unspecified atom stereocenters. The Bertz CT molecular complexity index is 940. The Kier molecular flexibility index (Phi) is 5.41. The van der Waals surface area contributed by atoms with E-state index in [0.29, 0.717) is 18.5 Å². The molecule has 27 heavy (non-hydrogen) atoms. The van der Waals surface area contributed by atoms with Gasteiger partial charge in [-0.1, -0.05) is 12.1 Å². The maximum atomic E-state index is 12.2. The minimum atomic E-state index is -3.03. The molecule has 1 saturated heterocycles. The minimum Gasteiger partial charge on any atom is -0.381 e. The lowest BCUT2D eigenvalue weighted by Gasteiger charge is -2.11. The SMILES string of the molecule is O=C(N[C@H]1CCS(=O)(=O)C1)c1ccc(NCc2ccc([N+](=O)[O-])cc2)cc1. The summed E-state index contributed by atoms with van der Waals surface area (Å²) in [5.41, 5.74) is 2.20. The van der Waals surface area contributed by atoms with Gasteiger partial charge in [0.15, 0.2) is 9.84 Å². The highest BCUT2D eigenvalue weighted by atomic mass is 32.2. The number of nitrogens with one attached hydrogen (secondary N) is 2. The average molecular weight is 389 g/mol. The number of nitro groups is 1. The summed E-state index contributed by atoms with van der Waals surface area (Å²) in [5.74, 6) is -0.184. The second-order valence-electron chi connectivity index (χ2n) is 6.43. The Morgan fingerprint density at radius 2 is 1.78 bits per heavy atom. The Labute approximate surface area is 156 Å². The van der Waals surface area contributed by atoms with Gasteiger partial charge < -0.3 is 10.6 Å². The zero-order valence-corrected chi connectivity index (χ0v) is 15.2. The van der Waals surface area contributed by atoms with Crippen LogP contribution in [0.5, 0.6) is 0 Å². The van der Waals surface area contributed by atoms with E-state index in [0.717, 1.165) is 11.3 Å². The lowest BCUT2D eigenvalue weighted by Crippen LogP contribution is -2.35. The first-order valence-corrected chi connectivity index (χ1v) is 10.2. The lowest BCUT2D eigenvalue weighted by molar-refractivity contribution is -0.384. The number of hydrogen-bond acceptors (Lipinski definition) is 6. The number of carbonyl (C=O) groups excluding carboxylic acids is 1. The third-order valence-electron chi connectivity index (χ3n) is 4.36. The maximum absolute atomic E-state index is 12.2. The molecule has 142 valence electrons. The standard InChI is InChI=1S/C18H19N3O5S/c22-18(20-16-9-10-27(25,26)12-16)14-3-5-15(6-4-14)19-11-13-1-7-17(8-2-13)21(23)24/h1-8,16,19H,9-12H2,(H,20,22)/t16-/m0/s1. The number of benzene rings is 2. The molecular weight excluding hydrogens is 370 g/mol. The number of hydrogen-bond donors (Lipinski definition) is 2. The van der Waals surface area contributed by atoms with E-state index in [1.807, 2.05) is 0 Å². The van der Waals surface area contributed by atoms with Crippen LogP contribution in [0, 0.1) is 10.1 Å². The summed E-state index contributed by atoms with van der Waals surface area (Å²) in [6, 6.07) is 12.8. The van der Waals surface area contributed by atoms with Crippen molar-refractivity contribution >= 4 is 27.1 Å². The van der Waals surface area contributed by atoms with Gasteiger partial charge in [0.1, 0.15) is 0 Å². The van der Waals surface area contributed by atoms with Gasteiger partial charge in [-0.05, 0) is 36.2 Å². The fourth-order valence-electron chi connectivity index (χ4n) is 2.86. The van der Waals surface area contributed by atoms with Gasteiger partial charge in [-0.25, -0.2) is 8.42 Å². The van der Waals surface area contributed by atoms with Crippen molar-refractivity contribution in [3.05, 3.63) is 69.8 Å². The molecule has 8 nitrogen and oxygen atoms in total. The third kappa shape index (κ3) is 5.04. The summed E-state index contributed by atoms with van der Waals surface area (Å²) in [5, 5.41) is 16.6. The Hall–Kier alpha value is -2.94. The van der Waals surface area contributed by atoms with E-state index >= 15 is 0 Å². The van der Waals surface area contributed by atoms with Crippen LogP contribution in [0.15, 0.2) is 48.5 Å². The Balaban J connectivity index is 1.53. The highest BCUT2D eigenvalue weighted by Gasteiger charge is 2.29. The molecule has 2 aromatic rings. The summed E-state index contributed by atoms with van der Waals surface area (Å²) in [4.78, 5) is 22.4. The van der Waals surface area contributed by atoms with Gasteiger partial charge in [0.05, 0.1) is 16.4 Å². The van der Waals surface area contributed by atoms with Crippen molar-refractivity contribution in [2.45, 2.75) is 19.0 Å². The normalized spacial score (nSPS) is 18.0. The van der Waals surface area contributed by atoms with Gasteiger partial charge in [0.2, 0.25) is 0 Å². The second kappa shape index (κ2) is 7.75. The van der Waals surface area contributed by atoms with Crippen LogP contribution in [0.25, 0.3) is 0 Å². The molecular formula is C18H19N3O5S. The van der Waals surface area contributed by atoms with Crippen LogP contribution in [-0.4, -0.2) is 36.8 Å². The molecule has 1 aliphatic rings. The van der Waals surface area contributed by atoms with Crippen LogP contribution in [0.3, 0.4) is 0 Å². The molecule has 0 aliphatic carbocycles. The number of nitro benzene ring substituents is 1. The van der Waals surface area contributed by atoms with Crippen molar-refractivity contribution < 1.29 is 18.1 Å². The van der Waals surface area contributed by atoms with E-state index in [1.165, 1.54) is 12.1 Å². The van der Waals surface area contributed by atoms with Crippen molar-refractivity contribution in [3.63, 3.8) is 0 Å². The quantitative estimate of drug-likeness (QED) is 0.577. The first-order valence-electron chi connectivity index (χ1n) is 8.41. The van der Waals surface area contributed by atoms with Crippen molar-refractivity contribution in [2.24, 2.45) is 0 Å². The molecule has 2 N–H and O–H groups in total. The maximum Gasteiger partial charge on any atom is 0.269 e. The fraction of sp³-hybridized carbons (Fsp3) is 0.278. The Morgan fingerprint density at radius 3 is 2.33 bits per heavy atom. The van der Waals surface area contributed by atoms with Gasteiger partial charge in [-0.15, -0.1) is 0 Å². The van der Waals surface area contributed by atoms with Gasteiger partial charge >= 0.3 is 0 Å². The molecule has 0 bridgehead atoms. The first-order chi connectivity index (χ1) is 12.8. The van der Waals surface area contributed by atoms with Gasteiger partial charge in [-0.2, -0.15) is 0 Å². The zero-order chi connectivity index (χ0) is 19.4. The molecule has 1 atom stereocenters. The summed E-state index contributed by atoms with van der Waals surface area (Å²) in [7, 11) is -3.03. The second-order valence-corrected chi connectivity index (χ2v) is 8.66. The minimum absolute atomic E-state index is 0.00633. The number of rotatable bonds is 6. The molecule has 0 aromatic heterocycles.